The molecule has 4 atom stereocenters. The van der Waals surface area contributed by atoms with E-state index in [1.54, 1.807) is 13.1 Å². The van der Waals surface area contributed by atoms with E-state index in [9.17, 15) is 14.3 Å². The zero-order valence-corrected chi connectivity index (χ0v) is 13.5. The van der Waals surface area contributed by atoms with Crippen molar-refractivity contribution in [1.82, 2.24) is 9.55 Å². The molecule has 0 aromatic carbocycles. The van der Waals surface area contributed by atoms with Crippen LogP contribution in [0.5, 0.6) is 0 Å². The standard InChI is InChI=1S/C12H20N3O6P/c1-4-8-9(21-22(17,18)19-3)5-10(20-8)15-6-7(2)11(13)14-12(15)16/h6,8-10H,4-5H2,1-3H3,(H,17,18)(H2,13,14,16)/t8-,9-,10-/m1/s1. The number of nitrogen functional groups attached to an aromatic ring is 1. The molecule has 3 N–H and O–H groups in total. The van der Waals surface area contributed by atoms with Crippen LogP contribution < -0.4 is 11.4 Å². The van der Waals surface area contributed by atoms with Crippen LogP contribution in [0.1, 0.15) is 31.6 Å². The molecule has 0 radical (unpaired) electrons. The zero-order valence-electron chi connectivity index (χ0n) is 12.6. The summed E-state index contributed by atoms with van der Waals surface area (Å²) in [7, 11) is -3.03. The van der Waals surface area contributed by atoms with E-state index in [1.807, 2.05) is 6.92 Å². The Morgan fingerprint density at radius 2 is 2.32 bits per heavy atom. The lowest BCUT2D eigenvalue weighted by Gasteiger charge is -2.18. The number of rotatable bonds is 5. The second-order valence-electron chi connectivity index (χ2n) is 5.07. The van der Waals surface area contributed by atoms with Crippen molar-refractivity contribution in [2.75, 3.05) is 12.8 Å². The van der Waals surface area contributed by atoms with E-state index in [-0.39, 0.29) is 12.2 Å². The van der Waals surface area contributed by atoms with Crippen molar-refractivity contribution in [2.45, 2.75) is 45.1 Å². The number of ether oxygens (including phenoxy) is 1. The van der Waals surface area contributed by atoms with Crippen LogP contribution in [-0.4, -0.2) is 33.8 Å². The van der Waals surface area contributed by atoms with Crippen molar-refractivity contribution in [1.29, 1.82) is 0 Å². The maximum atomic E-state index is 11.9. The summed E-state index contributed by atoms with van der Waals surface area (Å²) in [6.07, 6.45) is 0.629. The van der Waals surface area contributed by atoms with Crippen molar-refractivity contribution < 1.29 is 23.2 Å². The first kappa shape index (κ1) is 17.1. The smallest absolute Gasteiger partial charge is 0.383 e. The molecule has 1 aromatic heterocycles. The Morgan fingerprint density at radius 3 is 2.91 bits per heavy atom. The Kier molecular flexibility index (Phi) is 5.03. The summed E-state index contributed by atoms with van der Waals surface area (Å²) in [5.74, 6) is 0.165. The molecule has 1 unspecified atom stereocenters. The molecule has 0 amide bonds. The van der Waals surface area contributed by atoms with Crippen molar-refractivity contribution in [3.8, 4) is 0 Å². The molecule has 10 heteroatoms. The predicted octanol–water partition coefficient (Wildman–Crippen LogP) is 0.963. The molecule has 9 nitrogen and oxygen atoms in total. The van der Waals surface area contributed by atoms with E-state index in [1.165, 1.54) is 4.57 Å². The van der Waals surface area contributed by atoms with Crippen LogP contribution in [0.4, 0.5) is 5.82 Å². The molecule has 0 saturated carbocycles. The fraction of sp³-hybridized carbons (Fsp3) is 0.667. The van der Waals surface area contributed by atoms with Gasteiger partial charge in [0.05, 0.1) is 12.2 Å². The number of hydrogen-bond donors (Lipinski definition) is 2. The number of anilines is 1. The van der Waals surface area contributed by atoms with E-state index >= 15 is 0 Å². The number of hydrogen-bond acceptors (Lipinski definition) is 7. The summed E-state index contributed by atoms with van der Waals surface area (Å²) in [4.78, 5) is 25.1. The monoisotopic (exact) mass is 333 g/mol. The number of phosphoric acid groups is 1. The number of aryl methyl sites for hydroxylation is 1. The van der Waals surface area contributed by atoms with Gasteiger partial charge in [-0.25, -0.2) is 9.36 Å². The van der Waals surface area contributed by atoms with E-state index in [2.05, 4.69) is 9.51 Å². The van der Waals surface area contributed by atoms with Crippen molar-refractivity contribution in [2.24, 2.45) is 0 Å². The van der Waals surface area contributed by atoms with Gasteiger partial charge in [0.1, 0.15) is 12.0 Å². The number of nitrogens with two attached hydrogens (primary N) is 1. The molecule has 1 fully saturated rings. The molecule has 1 aromatic rings. The maximum Gasteiger partial charge on any atom is 0.472 e. The highest BCUT2D eigenvalue weighted by Crippen LogP contribution is 2.47. The van der Waals surface area contributed by atoms with Crippen LogP contribution in [0.3, 0.4) is 0 Å². The van der Waals surface area contributed by atoms with Crippen molar-refractivity contribution in [3.05, 3.63) is 22.2 Å². The first-order valence-electron chi connectivity index (χ1n) is 6.85. The number of nitrogens with zero attached hydrogens (tertiary/aromatic N) is 2. The van der Waals surface area contributed by atoms with Gasteiger partial charge in [0.15, 0.2) is 0 Å². The molecule has 0 aliphatic carbocycles. The fourth-order valence-electron chi connectivity index (χ4n) is 2.34. The predicted molar refractivity (Wildman–Crippen MR) is 78.2 cm³/mol. The van der Waals surface area contributed by atoms with Crippen LogP contribution in [0.25, 0.3) is 0 Å². The highest BCUT2D eigenvalue weighted by molar-refractivity contribution is 7.47. The number of phosphoric ester groups is 1. The second-order valence-corrected chi connectivity index (χ2v) is 6.58. The van der Waals surface area contributed by atoms with Gasteiger partial charge in [-0.1, -0.05) is 6.92 Å². The SMILES string of the molecule is CC[C@H]1O[C@@H](n2cc(C)c(N)nc2=O)C[C@H]1OP(=O)(O)OC. The molecular formula is C12H20N3O6P. The van der Waals surface area contributed by atoms with Gasteiger partial charge in [0.25, 0.3) is 0 Å². The normalized spacial score (nSPS) is 27.7. The summed E-state index contributed by atoms with van der Waals surface area (Å²) in [6.45, 7) is 3.58. The van der Waals surface area contributed by atoms with E-state index in [0.717, 1.165) is 7.11 Å². The highest BCUT2D eigenvalue weighted by Gasteiger charge is 2.40. The minimum atomic E-state index is -4.12. The van der Waals surface area contributed by atoms with Gasteiger partial charge in [-0.15, -0.1) is 0 Å². The van der Waals surface area contributed by atoms with Gasteiger partial charge in [0.2, 0.25) is 0 Å². The molecule has 1 aliphatic rings. The summed E-state index contributed by atoms with van der Waals surface area (Å²) in [6, 6.07) is 0. The molecule has 2 heterocycles. The lowest BCUT2D eigenvalue weighted by Crippen LogP contribution is -2.28. The Hall–Kier alpha value is -1.25. The van der Waals surface area contributed by atoms with Gasteiger partial charge in [-0.05, 0) is 13.3 Å². The third kappa shape index (κ3) is 3.56. The maximum absolute atomic E-state index is 11.9. The van der Waals surface area contributed by atoms with Gasteiger partial charge in [-0.2, -0.15) is 4.98 Å². The van der Waals surface area contributed by atoms with E-state index in [4.69, 9.17) is 15.0 Å². The summed E-state index contributed by atoms with van der Waals surface area (Å²) < 4.78 is 28.2. The van der Waals surface area contributed by atoms with E-state index < -0.39 is 31.9 Å². The summed E-state index contributed by atoms with van der Waals surface area (Å²) in [5.41, 5.74) is 5.70. The fourth-order valence-corrected chi connectivity index (χ4v) is 2.99. The molecule has 0 spiro atoms. The van der Waals surface area contributed by atoms with Crippen LogP contribution in [0, 0.1) is 6.92 Å². The van der Waals surface area contributed by atoms with E-state index in [0.29, 0.717) is 12.0 Å². The zero-order chi connectivity index (χ0) is 16.5. The molecular weight excluding hydrogens is 313 g/mol. The second kappa shape index (κ2) is 6.47. The molecule has 1 aliphatic heterocycles. The van der Waals surface area contributed by atoms with Gasteiger partial charge >= 0.3 is 13.5 Å². The van der Waals surface area contributed by atoms with Gasteiger partial charge in [0, 0.05) is 25.3 Å². The van der Waals surface area contributed by atoms with Crippen LogP contribution >= 0.6 is 7.82 Å². The molecule has 0 bridgehead atoms. The first-order valence-corrected chi connectivity index (χ1v) is 8.34. The lowest BCUT2D eigenvalue weighted by atomic mass is 10.1. The van der Waals surface area contributed by atoms with Gasteiger partial charge in [-0.3, -0.25) is 13.6 Å². The highest BCUT2D eigenvalue weighted by atomic mass is 31.2. The van der Waals surface area contributed by atoms with Crippen LogP contribution in [0.15, 0.2) is 11.0 Å². The Labute approximate surface area is 127 Å². The molecule has 22 heavy (non-hydrogen) atoms. The largest absolute Gasteiger partial charge is 0.472 e. The average Bonchev–Trinajstić information content (AvgIpc) is 2.84. The molecule has 124 valence electrons. The first-order chi connectivity index (χ1) is 10.3. The third-order valence-electron chi connectivity index (χ3n) is 3.57. The Balaban J connectivity index is 2.24. The number of aromatic nitrogens is 2. The topological polar surface area (TPSA) is 126 Å². The lowest BCUT2D eigenvalue weighted by molar-refractivity contribution is -0.0222. The summed E-state index contributed by atoms with van der Waals surface area (Å²) >= 11 is 0. The Morgan fingerprint density at radius 1 is 1.64 bits per heavy atom. The van der Waals surface area contributed by atoms with Crippen LogP contribution in [0.2, 0.25) is 0 Å². The Bertz CT molecular complexity index is 648. The third-order valence-corrected chi connectivity index (χ3v) is 4.56. The minimum absolute atomic E-state index is 0.165. The molecule has 2 rings (SSSR count). The van der Waals surface area contributed by atoms with Crippen molar-refractivity contribution >= 4 is 13.6 Å². The van der Waals surface area contributed by atoms with Gasteiger partial charge < -0.3 is 15.4 Å². The van der Waals surface area contributed by atoms with Crippen LogP contribution in [-0.2, 0) is 18.3 Å². The molecule has 1 saturated heterocycles. The summed E-state index contributed by atoms with van der Waals surface area (Å²) in [5, 5.41) is 0. The quantitative estimate of drug-likeness (QED) is 0.763. The van der Waals surface area contributed by atoms with Crippen molar-refractivity contribution in [3.63, 3.8) is 0 Å². The minimum Gasteiger partial charge on any atom is -0.383 e. The average molecular weight is 333 g/mol.